The number of phenolic OH excluding ortho intramolecular Hbond substituents is 1. The minimum absolute atomic E-state index is 0.0768. The third-order valence-electron chi connectivity index (χ3n) is 5.48. The van der Waals surface area contributed by atoms with Crippen LogP contribution in [0.1, 0.15) is 12.0 Å². The number of phenols is 1. The SMILES string of the molecule is Cc1cc(-c2cc(O)ccc2Cl)cc2nnc(Nc3cccc(S(=O)(=O)CCCN(C)C)c3)nc12. The number of rotatable bonds is 8. The lowest BCUT2D eigenvalue weighted by Crippen LogP contribution is -2.17. The molecule has 10 heteroatoms. The molecule has 0 unspecified atom stereocenters. The Bertz CT molecular complexity index is 1490. The van der Waals surface area contributed by atoms with Gasteiger partial charge in [0.25, 0.3) is 0 Å². The summed E-state index contributed by atoms with van der Waals surface area (Å²) in [6.07, 6.45) is 0.555. The van der Waals surface area contributed by atoms with Crippen LogP contribution in [0, 0.1) is 6.92 Å². The Labute approximate surface area is 209 Å². The molecule has 1 heterocycles. The van der Waals surface area contributed by atoms with Crippen molar-refractivity contribution in [2.45, 2.75) is 18.2 Å². The van der Waals surface area contributed by atoms with Crippen molar-refractivity contribution >= 4 is 44.1 Å². The van der Waals surface area contributed by atoms with Gasteiger partial charge in [0.1, 0.15) is 11.3 Å². The molecule has 0 amide bonds. The number of halogens is 1. The zero-order chi connectivity index (χ0) is 25.2. The second-order valence-electron chi connectivity index (χ2n) is 8.59. The highest BCUT2D eigenvalue weighted by Crippen LogP contribution is 2.33. The van der Waals surface area contributed by atoms with Gasteiger partial charge in [0.15, 0.2) is 9.84 Å². The molecule has 0 fully saturated rings. The zero-order valence-electron chi connectivity index (χ0n) is 19.7. The molecule has 0 saturated heterocycles. The van der Waals surface area contributed by atoms with Gasteiger partial charge < -0.3 is 15.3 Å². The van der Waals surface area contributed by atoms with Gasteiger partial charge in [0, 0.05) is 16.3 Å². The largest absolute Gasteiger partial charge is 0.508 e. The first kappa shape index (κ1) is 24.8. The molecular formula is C25H26ClN5O3S. The van der Waals surface area contributed by atoms with E-state index in [1.165, 1.54) is 6.07 Å². The lowest BCUT2D eigenvalue weighted by Gasteiger charge is -2.11. The van der Waals surface area contributed by atoms with Crippen molar-refractivity contribution in [3.05, 3.63) is 65.2 Å². The highest BCUT2D eigenvalue weighted by Gasteiger charge is 2.16. The van der Waals surface area contributed by atoms with Crippen LogP contribution in [0.5, 0.6) is 5.75 Å². The fourth-order valence-corrected chi connectivity index (χ4v) is 5.30. The van der Waals surface area contributed by atoms with E-state index in [1.54, 1.807) is 36.4 Å². The molecule has 0 atom stereocenters. The lowest BCUT2D eigenvalue weighted by atomic mass is 10.0. The first-order chi connectivity index (χ1) is 16.6. The lowest BCUT2D eigenvalue weighted by molar-refractivity contribution is 0.408. The van der Waals surface area contributed by atoms with E-state index in [9.17, 15) is 13.5 Å². The van der Waals surface area contributed by atoms with Gasteiger partial charge in [-0.05, 0) is 93.6 Å². The van der Waals surface area contributed by atoms with E-state index in [4.69, 9.17) is 11.6 Å². The van der Waals surface area contributed by atoms with Crippen LogP contribution in [0.15, 0.2) is 59.5 Å². The molecule has 4 rings (SSSR count). The standard InChI is InChI=1S/C25H26ClN5O3S/c1-16-12-17(21-15-19(32)8-9-22(21)26)13-23-24(16)28-25(30-29-23)27-18-6-4-7-20(14-18)35(33,34)11-5-10-31(2)3/h4,6-9,12-15,32H,5,10-11H2,1-3H3,(H,27,28,30). The van der Waals surface area contributed by atoms with Crippen LogP contribution in [-0.2, 0) is 9.84 Å². The summed E-state index contributed by atoms with van der Waals surface area (Å²) in [6, 6.07) is 15.1. The number of aromatic nitrogens is 3. The number of benzene rings is 3. The van der Waals surface area contributed by atoms with Crippen molar-refractivity contribution in [2.75, 3.05) is 31.7 Å². The van der Waals surface area contributed by atoms with Crippen LogP contribution in [0.2, 0.25) is 5.02 Å². The van der Waals surface area contributed by atoms with Crippen molar-refractivity contribution in [1.82, 2.24) is 20.1 Å². The molecule has 0 spiro atoms. The van der Waals surface area contributed by atoms with Crippen molar-refractivity contribution in [2.24, 2.45) is 0 Å². The molecule has 3 aromatic carbocycles. The van der Waals surface area contributed by atoms with Crippen LogP contribution in [-0.4, -0.2) is 60.0 Å². The maximum absolute atomic E-state index is 12.7. The molecular weight excluding hydrogens is 486 g/mol. The first-order valence-corrected chi connectivity index (χ1v) is 13.0. The highest BCUT2D eigenvalue weighted by molar-refractivity contribution is 7.91. The van der Waals surface area contributed by atoms with Crippen molar-refractivity contribution in [1.29, 1.82) is 0 Å². The molecule has 35 heavy (non-hydrogen) atoms. The van der Waals surface area contributed by atoms with Crippen molar-refractivity contribution in [3.8, 4) is 16.9 Å². The minimum Gasteiger partial charge on any atom is -0.508 e. The van der Waals surface area contributed by atoms with Gasteiger partial charge in [-0.3, -0.25) is 0 Å². The molecule has 0 radical (unpaired) electrons. The van der Waals surface area contributed by atoms with Gasteiger partial charge in [0.05, 0.1) is 16.2 Å². The highest BCUT2D eigenvalue weighted by atomic mass is 35.5. The molecule has 182 valence electrons. The predicted octanol–water partition coefficient (Wildman–Crippen LogP) is 4.83. The van der Waals surface area contributed by atoms with E-state index in [0.29, 0.717) is 40.3 Å². The number of nitrogens with zero attached hydrogens (tertiary/aromatic N) is 4. The Kier molecular flexibility index (Phi) is 7.20. The Hall–Kier alpha value is -3.27. The zero-order valence-corrected chi connectivity index (χ0v) is 21.2. The van der Waals surface area contributed by atoms with Crippen molar-refractivity contribution < 1.29 is 13.5 Å². The molecule has 1 aromatic heterocycles. The first-order valence-electron chi connectivity index (χ1n) is 11.0. The van der Waals surface area contributed by atoms with Crippen molar-refractivity contribution in [3.63, 3.8) is 0 Å². The molecule has 8 nitrogen and oxygen atoms in total. The second kappa shape index (κ2) is 10.2. The number of hydrogen-bond donors (Lipinski definition) is 2. The number of aryl methyl sites for hydroxylation is 1. The number of aromatic hydroxyl groups is 1. The third kappa shape index (κ3) is 5.87. The molecule has 0 aliphatic heterocycles. The van der Waals surface area contributed by atoms with E-state index in [2.05, 4.69) is 20.5 Å². The third-order valence-corrected chi connectivity index (χ3v) is 7.61. The van der Waals surface area contributed by atoms with Crippen LogP contribution < -0.4 is 5.32 Å². The molecule has 0 bridgehead atoms. The fourth-order valence-electron chi connectivity index (χ4n) is 3.74. The molecule has 0 aliphatic rings. The average Bonchev–Trinajstić information content (AvgIpc) is 2.81. The van der Waals surface area contributed by atoms with Crippen LogP contribution in [0.3, 0.4) is 0 Å². The topological polar surface area (TPSA) is 108 Å². The summed E-state index contributed by atoms with van der Waals surface area (Å²) < 4.78 is 25.4. The maximum Gasteiger partial charge on any atom is 0.247 e. The van der Waals surface area contributed by atoms with Crippen LogP contribution in [0.25, 0.3) is 22.2 Å². The summed E-state index contributed by atoms with van der Waals surface area (Å²) in [7, 11) is 0.430. The summed E-state index contributed by atoms with van der Waals surface area (Å²) in [5, 5.41) is 21.9. The van der Waals surface area contributed by atoms with Gasteiger partial charge in [-0.1, -0.05) is 17.7 Å². The number of anilines is 2. The average molecular weight is 512 g/mol. The van der Waals surface area contributed by atoms with E-state index < -0.39 is 9.84 Å². The van der Waals surface area contributed by atoms with E-state index in [-0.39, 0.29) is 22.3 Å². The number of fused-ring (bicyclic) bond motifs is 1. The Morgan fingerprint density at radius 1 is 1.06 bits per heavy atom. The quantitative estimate of drug-likeness (QED) is 0.346. The van der Waals surface area contributed by atoms with Gasteiger partial charge in [-0.15, -0.1) is 10.2 Å². The van der Waals surface area contributed by atoms with Crippen LogP contribution >= 0.6 is 11.6 Å². The minimum atomic E-state index is -3.40. The number of hydrogen-bond acceptors (Lipinski definition) is 8. The summed E-state index contributed by atoms with van der Waals surface area (Å²) in [4.78, 5) is 6.79. The van der Waals surface area contributed by atoms with E-state index in [0.717, 1.165) is 11.1 Å². The van der Waals surface area contributed by atoms with Gasteiger partial charge in [-0.25, -0.2) is 13.4 Å². The summed E-state index contributed by atoms with van der Waals surface area (Å²) in [6.45, 7) is 2.61. The normalized spacial score (nSPS) is 11.8. The molecule has 0 aliphatic carbocycles. The predicted molar refractivity (Wildman–Crippen MR) is 139 cm³/mol. The Morgan fingerprint density at radius 2 is 1.86 bits per heavy atom. The fraction of sp³-hybridized carbons (Fsp3) is 0.240. The Balaban J connectivity index is 1.59. The van der Waals surface area contributed by atoms with E-state index >= 15 is 0 Å². The number of nitrogens with one attached hydrogen (secondary N) is 1. The maximum atomic E-state index is 12.7. The van der Waals surface area contributed by atoms with Gasteiger partial charge >= 0.3 is 0 Å². The monoisotopic (exact) mass is 511 g/mol. The molecule has 4 aromatic rings. The smallest absolute Gasteiger partial charge is 0.247 e. The summed E-state index contributed by atoms with van der Waals surface area (Å²) in [5.41, 5.74) is 4.11. The van der Waals surface area contributed by atoms with Gasteiger partial charge in [-0.2, -0.15) is 0 Å². The molecule has 0 saturated carbocycles. The summed E-state index contributed by atoms with van der Waals surface area (Å²) in [5.74, 6) is 0.451. The van der Waals surface area contributed by atoms with Gasteiger partial charge in [0.2, 0.25) is 5.95 Å². The van der Waals surface area contributed by atoms with E-state index in [1.807, 2.05) is 38.1 Å². The van der Waals surface area contributed by atoms with Crippen LogP contribution in [0.4, 0.5) is 11.6 Å². The number of sulfone groups is 1. The second-order valence-corrected chi connectivity index (χ2v) is 11.1. The Morgan fingerprint density at radius 3 is 2.63 bits per heavy atom. The summed E-state index contributed by atoms with van der Waals surface area (Å²) >= 11 is 6.32. The molecule has 2 N–H and O–H groups in total.